The summed E-state index contributed by atoms with van der Waals surface area (Å²) in [7, 11) is 1.71. The third-order valence-electron chi connectivity index (χ3n) is 1.73. The van der Waals surface area contributed by atoms with Crippen LogP contribution in [0.3, 0.4) is 0 Å². The minimum Gasteiger partial charge on any atom is -0.383 e. The van der Waals surface area contributed by atoms with Gasteiger partial charge in [0.15, 0.2) is 0 Å². The van der Waals surface area contributed by atoms with Crippen molar-refractivity contribution in [1.29, 1.82) is 0 Å². The second-order valence-electron chi connectivity index (χ2n) is 3.07. The maximum atomic E-state index is 4.94. The van der Waals surface area contributed by atoms with Gasteiger partial charge in [0.1, 0.15) is 0 Å². The minimum absolute atomic E-state index is 0.754. The van der Waals surface area contributed by atoms with Crippen molar-refractivity contribution >= 4 is 17.4 Å². The predicted molar refractivity (Wildman–Crippen MR) is 60.5 cm³/mol. The van der Waals surface area contributed by atoms with Gasteiger partial charge in [0.2, 0.25) is 0 Å². The van der Waals surface area contributed by atoms with E-state index < -0.39 is 0 Å². The van der Waals surface area contributed by atoms with Crippen molar-refractivity contribution in [2.75, 3.05) is 26.8 Å². The van der Waals surface area contributed by atoms with Gasteiger partial charge in [-0.1, -0.05) is 5.57 Å². The topological polar surface area (TPSA) is 34.1 Å². The van der Waals surface area contributed by atoms with E-state index >= 15 is 0 Å². The lowest BCUT2D eigenvalue weighted by atomic mass is 10.2. The molecule has 1 N–H and O–H groups in total. The summed E-state index contributed by atoms with van der Waals surface area (Å²) in [6.45, 7) is 4.63. The van der Waals surface area contributed by atoms with Gasteiger partial charge in [-0.05, 0) is 13.0 Å². The van der Waals surface area contributed by atoms with E-state index in [1.54, 1.807) is 18.4 Å². The molecule has 0 atom stereocenters. The first-order valence-corrected chi connectivity index (χ1v) is 5.52. The number of ether oxygens (including phenoxy) is 1. The van der Waals surface area contributed by atoms with E-state index in [-0.39, 0.29) is 0 Å². The quantitative estimate of drug-likeness (QED) is 0.730. The number of hydrogen-bond acceptors (Lipinski definition) is 4. The molecule has 0 aliphatic carbocycles. The summed E-state index contributed by atoms with van der Waals surface area (Å²) >= 11 is 1.62. The molecule has 3 nitrogen and oxygen atoms in total. The largest absolute Gasteiger partial charge is 0.383 e. The van der Waals surface area contributed by atoms with E-state index in [1.807, 2.05) is 10.9 Å². The molecule has 1 heterocycles. The average Bonchev–Trinajstić information content (AvgIpc) is 2.65. The zero-order chi connectivity index (χ0) is 10.2. The Morgan fingerprint density at radius 1 is 1.71 bits per heavy atom. The Bertz CT molecular complexity index is 270. The highest BCUT2D eigenvalue weighted by molar-refractivity contribution is 7.07. The second kappa shape index (κ2) is 6.70. The van der Waals surface area contributed by atoms with Gasteiger partial charge in [-0.3, -0.25) is 0 Å². The van der Waals surface area contributed by atoms with Crippen molar-refractivity contribution < 1.29 is 4.74 Å². The fraction of sp³-hybridized carbons (Fsp3) is 0.500. The molecule has 0 unspecified atom stereocenters. The van der Waals surface area contributed by atoms with Gasteiger partial charge >= 0.3 is 0 Å². The van der Waals surface area contributed by atoms with Crippen molar-refractivity contribution in [3.8, 4) is 0 Å². The first kappa shape index (κ1) is 11.4. The Kier molecular flexibility index (Phi) is 5.44. The van der Waals surface area contributed by atoms with Crippen molar-refractivity contribution in [2.45, 2.75) is 6.92 Å². The molecule has 0 bridgehead atoms. The van der Waals surface area contributed by atoms with Crippen LogP contribution in [0.2, 0.25) is 0 Å². The van der Waals surface area contributed by atoms with Crippen LogP contribution < -0.4 is 5.32 Å². The lowest BCUT2D eigenvalue weighted by Gasteiger charge is -2.03. The fourth-order valence-corrected chi connectivity index (χ4v) is 1.57. The zero-order valence-electron chi connectivity index (χ0n) is 8.62. The van der Waals surface area contributed by atoms with Gasteiger partial charge in [-0.2, -0.15) is 0 Å². The molecule has 1 aromatic heterocycles. The second-order valence-corrected chi connectivity index (χ2v) is 3.79. The molecule has 0 aliphatic heterocycles. The minimum atomic E-state index is 0.754. The fourth-order valence-electron chi connectivity index (χ4n) is 1.06. The van der Waals surface area contributed by atoms with Gasteiger partial charge in [-0.25, -0.2) is 4.98 Å². The van der Waals surface area contributed by atoms with Crippen LogP contribution in [0, 0.1) is 0 Å². The SMILES string of the molecule is COCCNCC(C)=Cc1cscn1. The van der Waals surface area contributed by atoms with Crippen LogP contribution >= 0.6 is 11.3 Å². The number of aromatic nitrogens is 1. The van der Waals surface area contributed by atoms with Crippen molar-refractivity contribution in [2.24, 2.45) is 0 Å². The summed E-state index contributed by atoms with van der Waals surface area (Å²) in [6, 6.07) is 0. The molecular weight excluding hydrogens is 196 g/mol. The summed E-state index contributed by atoms with van der Waals surface area (Å²) in [5, 5.41) is 5.32. The molecule has 0 amide bonds. The highest BCUT2D eigenvalue weighted by Gasteiger charge is 1.92. The summed E-state index contributed by atoms with van der Waals surface area (Å²) in [5.41, 5.74) is 4.17. The van der Waals surface area contributed by atoms with E-state index in [0.29, 0.717) is 0 Å². The van der Waals surface area contributed by atoms with Gasteiger partial charge in [0.05, 0.1) is 17.8 Å². The molecule has 0 saturated heterocycles. The van der Waals surface area contributed by atoms with E-state index in [9.17, 15) is 0 Å². The molecule has 14 heavy (non-hydrogen) atoms. The van der Waals surface area contributed by atoms with E-state index in [0.717, 1.165) is 25.4 Å². The Hall–Kier alpha value is -0.710. The van der Waals surface area contributed by atoms with Gasteiger partial charge in [-0.15, -0.1) is 11.3 Å². The monoisotopic (exact) mass is 212 g/mol. The maximum absolute atomic E-state index is 4.94. The van der Waals surface area contributed by atoms with Gasteiger partial charge < -0.3 is 10.1 Å². The Balaban J connectivity index is 2.24. The van der Waals surface area contributed by atoms with Gasteiger partial charge in [0.25, 0.3) is 0 Å². The van der Waals surface area contributed by atoms with Crippen LogP contribution in [0.1, 0.15) is 12.6 Å². The number of nitrogens with zero attached hydrogens (tertiary/aromatic N) is 1. The van der Waals surface area contributed by atoms with Gasteiger partial charge in [0, 0.05) is 25.6 Å². The molecule has 0 aliphatic rings. The Morgan fingerprint density at radius 3 is 3.21 bits per heavy atom. The third-order valence-corrected chi connectivity index (χ3v) is 2.34. The zero-order valence-corrected chi connectivity index (χ0v) is 9.43. The van der Waals surface area contributed by atoms with Crippen LogP contribution in [0.4, 0.5) is 0 Å². The molecule has 4 heteroatoms. The molecule has 1 aromatic rings. The summed E-state index contributed by atoms with van der Waals surface area (Å²) < 4.78 is 4.94. The number of hydrogen-bond donors (Lipinski definition) is 1. The van der Waals surface area contributed by atoms with Crippen LogP contribution in [0.15, 0.2) is 16.5 Å². The van der Waals surface area contributed by atoms with E-state index in [2.05, 4.69) is 23.3 Å². The predicted octanol–water partition coefficient (Wildman–Crippen LogP) is 1.78. The summed E-state index contributed by atoms with van der Waals surface area (Å²) in [6.07, 6.45) is 2.09. The first-order valence-electron chi connectivity index (χ1n) is 4.58. The molecular formula is C10H16N2OS. The number of thiazole rings is 1. The number of nitrogens with one attached hydrogen (secondary N) is 1. The van der Waals surface area contributed by atoms with Crippen LogP contribution in [-0.4, -0.2) is 31.8 Å². The van der Waals surface area contributed by atoms with E-state index in [4.69, 9.17) is 4.74 Å². The molecule has 0 saturated carbocycles. The molecule has 1 rings (SSSR count). The van der Waals surface area contributed by atoms with E-state index in [1.165, 1.54) is 5.57 Å². The Morgan fingerprint density at radius 2 is 2.57 bits per heavy atom. The molecule has 0 radical (unpaired) electrons. The van der Waals surface area contributed by atoms with Crippen LogP contribution in [0.25, 0.3) is 6.08 Å². The molecule has 78 valence electrons. The lowest BCUT2D eigenvalue weighted by Crippen LogP contribution is -2.20. The van der Waals surface area contributed by atoms with Crippen molar-refractivity contribution in [3.63, 3.8) is 0 Å². The Labute approximate surface area is 88.8 Å². The van der Waals surface area contributed by atoms with Crippen LogP contribution in [-0.2, 0) is 4.74 Å². The third kappa shape index (κ3) is 4.50. The molecule has 0 aromatic carbocycles. The molecule has 0 spiro atoms. The first-order chi connectivity index (χ1) is 6.83. The maximum Gasteiger partial charge on any atom is 0.0798 e. The highest BCUT2D eigenvalue weighted by Crippen LogP contribution is 2.05. The van der Waals surface area contributed by atoms with Crippen molar-refractivity contribution in [1.82, 2.24) is 10.3 Å². The van der Waals surface area contributed by atoms with Crippen molar-refractivity contribution in [3.05, 3.63) is 22.2 Å². The molecule has 0 fully saturated rings. The summed E-state index contributed by atoms with van der Waals surface area (Å²) in [4.78, 5) is 4.19. The standard InChI is InChI=1S/C10H16N2OS/c1-9(6-11-3-4-13-2)5-10-7-14-8-12-10/h5,7-8,11H,3-4,6H2,1-2H3. The average molecular weight is 212 g/mol. The normalized spacial score (nSPS) is 12.0. The number of rotatable bonds is 6. The summed E-state index contributed by atoms with van der Waals surface area (Å²) in [5.74, 6) is 0. The van der Waals surface area contributed by atoms with Crippen LogP contribution in [0.5, 0.6) is 0 Å². The highest BCUT2D eigenvalue weighted by atomic mass is 32.1. The number of methoxy groups -OCH3 is 1. The smallest absolute Gasteiger partial charge is 0.0798 e. The lowest BCUT2D eigenvalue weighted by molar-refractivity contribution is 0.200.